The van der Waals surface area contributed by atoms with E-state index in [9.17, 15) is 4.79 Å². The Kier molecular flexibility index (Phi) is 4.61. The predicted octanol–water partition coefficient (Wildman–Crippen LogP) is 2.73. The quantitative estimate of drug-likeness (QED) is 0.888. The summed E-state index contributed by atoms with van der Waals surface area (Å²) in [5, 5.41) is 0.477. The van der Waals surface area contributed by atoms with Crippen LogP contribution in [0.25, 0.3) is 0 Å². The van der Waals surface area contributed by atoms with Crippen LogP contribution in [-0.2, 0) is 6.42 Å². The molecule has 0 atom stereocenters. The van der Waals surface area contributed by atoms with E-state index in [1.165, 1.54) is 0 Å². The molecular weight excluding hydrogens is 276 g/mol. The van der Waals surface area contributed by atoms with Crippen molar-refractivity contribution >= 4 is 17.5 Å². The van der Waals surface area contributed by atoms with Crippen LogP contribution in [0.15, 0.2) is 42.5 Å². The Bertz CT molecular complexity index is 612. The van der Waals surface area contributed by atoms with Crippen molar-refractivity contribution in [3.63, 3.8) is 0 Å². The van der Waals surface area contributed by atoms with E-state index in [4.69, 9.17) is 27.8 Å². The molecule has 1 amide bonds. The third-order valence-corrected chi connectivity index (χ3v) is 3.03. The van der Waals surface area contributed by atoms with Gasteiger partial charge in [-0.3, -0.25) is 4.79 Å². The van der Waals surface area contributed by atoms with E-state index in [-0.39, 0.29) is 0 Å². The molecule has 0 bridgehead atoms. The van der Waals surface area contributed by atoms with E-state index in [0.29, 0.717) is 28.6 Å². The molecule has 0 aliphatic heterocycles. The molecule has 0 spiro atoms. The van der Waals surface area contributed by atoms with Gasteiger partial charge in [-0.05, 0) is 42.8 Å². The minimum atomic E-state index is -0.559. The molecule has 104 valence electrons. The highest BCUT2D eigenvalue weighted by Gasteiger charge is 2.11. The van der Waals surface area contributed by atoms with Crippen LogP contribution in [0.1, 0.15) is 15.9 Å². The standard InChI is InChI=1S/C15H15ClN2O2/c16-11-3-6-13(15(18)19)14(9-11)20-12-4-1-10(2-5-12)7-8-17/h1-6,9H,7-8,17H2,(H2,18,19). The zero-order valence-corrected chi connectivity index (χ0v) is 11.6. The average molecular weight is 291 g/mol. The van der Waals surface area contributed by atoms with Crippen LogP contribution >= 0.6 is 11.6 Å². The number of hydrogen-bond donors (Lipinski definition) is 2. The van der Waals surface area contributed by atoms with Gasteiger partial charge in [0, 0.05) is 11.1 Å². The fourth-order valence-corrected chi connectivity index (χ4v) is 1.96. The van der Waals surface area contributed by atoms with Gasteiger partial charge in [0.1, 0.15) is 11.5 Å². The van der Waals surface area contributed by atoms with Crippen molar-refractivity contribution in [1.29, 1.82) is 0 Å². The molecule has 0 saturated heterocycles. The van der Waals surface area contributed by atoms with Crippen molar-refractivity contribution in [3.8, 4) is 11.5 Å². The van der Waals surface area contributed by atoms with E-state index in [2.05, 4.69) is 0 Å². The fraction of sp³-hybridized carbons (Fsp3) is 0.133. The first kappa shape index (κ1) is 14.4. The third kappa shape index (κ3) is 3.50. The molecule has 0 aliphatic carbocycles. The van der Waals surface area contributed by atoms with Crippen molar-refractivity contribution in [3.05, 3.63) is 58.6 Å². The number of amides is 1. The molecule has 0 fully saturated rings. The number of primary amides is 1. The molecule has 0 aliphatic rings. The zero-order chi connectivity index (χ0) is 14.5. The maximum atomic E-state index is 11.3. The van der Waals surface area contributed by atoms with Crippen LogP contribution < -0.4 is 16.2 Å². The molecule has 20 heavy (non-hydrogen) atoms. The summed E-state index contributed by atoms with van der Waals surface area (Å²) in [5.74, 6) is 0.392. The summed E-state index contributed by atoms with van der Waals surface area (Å²) in [4.78, 5) is 11.3. The third-order valence-electron chi connectivity index (χ3n) is 2.79. The van der Waals surface area contributed by atoms with Gasteiger partial charge in [-0.25, -0.2) is 0 Å². The van der Waals surface area contributed by atoms with Gasteiger partial charge in [-0.15, -0.1) is 0 Å². The number of hydrogen-bond acceptors (Lipinski definition) is 3. The van der Waals surface area contributed by atoms with Crippen molar-refractivity contribution in [2.45, 2.75) is 6.42 Å². The van der Waals surface area contributed by atoms with Crippen molar-refractivity contribution in [1.82, 2.24) is 0 Å². The molecule has 2 rings (SSSR count). The highest BCUT2D eigenvalue weighted by Crippen LogP contribution is 2.28. The molecule has 0 aromatic heterocycles. The maximum absolute atomic E-state index is 11.3. The Hall–Kier alpha value is -2.04. The van der Waals surface area contributed by atoms with Crippen LogP contribution in [0.2, 0.25) is 5.02 Å². The van der Waals surface area contributed by atoms with Crippen molar-refractivity contribution < 1.29 is 9.53 Å². The van der Waals surface area contributed by atoms with Gasteiger partial charge in [0.25, 0.3) is 5.91 Å². The molecule has 0 saturated carbocycles. The van der Waals surface area contributed by atoms with Gasteiger partial charge >= 0.3 is 0 Å². The molecule has 0 heterocycles. The minimum absolute atomic E-state index is 0.292. The SMILES string of the molecule is NCCc1ccc(Oc2cc(Cl)ccc2C(N)=O)cc1. The van der Waals surface area contributed by atoms with Gasteiger partial charge in [-0.1, -0.05) is 23.7 Å². The average Bonchev–Trinajstić information content (AvgIpc) is 2.41. The lowest BCUT2D eigenvalue weighted by Gasteiger charge is -2.10. The van der Waals surface area contributed by atoms with Gasteiger partial charge in [0.2, 0.25) is 0 Å². The van der Waals surface area contributed by atoms with E-state index in [1.54, 1.807) is 18.2 Å². The minimum Gasteiger partial charge on any atom is -0.456 e. The first-order valence-electron chi connectivity index (χ1n) is 6.16. The zero-order valence-electron chi connectivity index (χ0n) is 10.8. The summed E-state index contributed by atoms with van der Waals surface area (Å²) < 4.78 is 5.67. The fourth-order valence-electron chi connectivity index (χ4n) is 1.80. The van der Waals surface area contributed by atoms with Crippen molar-refractivity contribution in [2.75, 3.05) is 6.54 Å². The maximum Gasteiger partial charge on any atom is 0.252 e. The van der Waals surface area contributed by atoms with E-state index in [1.807, 2.05) is 24.3 Å². The number of nitrogens with two attached hydrogens (primary N) is 2. The molecule has 4 N–H and O–H groups in total. The van der Waals surface area contributed by atoms with E-state index < -0.39 is 5.91 Å². The van der Waals surface area contributed by atoms with E-state index >= 15 is 0 Å². The molecule has 4 nitrogen and oxygen atoms in total. The lowest BCUT2D eigenvalue weighted by molar-refractivity contribution is 0.0998. The summed E-state index contributed by atoms with van der Waals surface area (Å²) in [5.41, 5.74) is 12.2. The predicted molar refractivity (Wildman–Crippen MR) is 79.2 cm³/mol. The Morgan fingerprint density at radius 3 is 2.45 bits per heavy atom. The number of rotatable bonds is 5. The number of carbonyl (C=O) groups excluding carboxylic acids is 1. The monoisotopic (exact) mass is 290 g/mol. The van der Waals surface area contributed by atoms with Gasteiger partial charge in [0.15, 0.2) is 0 Å². The number of halogens is 1. The molecule has 0 unspecified atom stereocenters. The molecule has 2 aromatic carbocycles. The second-order valence-electron chi connectivity index (χ2n) is 4.29. The van der Waals surface area contributed by atoms with Crippen molar-refractivity contribution in [2.24, 2.45) is 11.5 Å². The smallest absolute Gasteiger partial charge is 0.252 e. The van der Waals surface area contributed by atoms with Gasteiger partial charge in [0.05, 0.1) is 5.56 Å². The van der Waals surface area contributed by atoms with Crippen LogP contribution in [-0.4, -0.2) is 12.5 Å². The van der Waals surface area contributed by atoms with Crippen LogP contribution in [0.4, 0.5) is 0 Å². The van der Waals surface area contributed by atoms with E-state index in [0.717, 1.165) is 12.0 Å². The molecule has 0 radical (unpaired) electrons. The number of ether oxygens (including phenoxy) is 1. The summed E-state index contributed by atoms with van der Waals surface area (Å²) >= 11 is 5.91. The normalized spacial score (nSPS) is 10.3. The second kappa shape index (κ2) is 6.41. The molecular formula is C15H15ClN2O2. The first-order valence-corrected chi connectivity index (χ1v) is 6.54. The van der Waals surface area contributed by atoms with Crippen LogP contribution in [0.3, 0.4) is 0 Å². The molecule has 5 heteroatoms. The Balaban J connectivity index is 2.25. The lowest BCUT2D eigenvalue weighted by Crippen LogP contribution is -2.12. The highest BCUT2D eigenvalue weighted by molar-refractivity contribution is 6.30. The second-order valence-corrected chi connectivity index (χ2v) is 4.73. The van der Waals surface area contributed by atoms with Gasteiger partial charge < -0.3 is 16.2 Å². The number of benzene rings is 2. The topological polar surface area (TPSA) is 78.3 Å². The summed E-state index contributed by atoms with van der Waals surface area (Å²) in [6, 6.07) is 12.2. The van der Waals surface area contributed by atoms with Crippen LogP contribution in [0, 0.1) is 0 Å². The van der Waals surface area contributed by atoms with Gasteiger partial charge in [-0.2, -0.15) is 0 Å². The summed E-state index contributed by atoms with van der Waals surface area (Å²) in [7, 11) is 0. The van der Waals surface area contributed by atoms with Crippen LogP contribution in [0.5, 0.6) is 11.5 Å². The molecule has 2 aromatic rings. The Morgan fingerprint density at radius 1 is 1.15 bits per heavy atom. The Morgan fingerprint density at radius 2 is 1.85 bits per heavy atom. The number of carbonyl (C=O) groups is 1. The summed E-state index contributed by atoms with van der Waals surface area (Å²) in [6.07, 6.45) is 0.810. The lowest BCUT2D eigenvalue weighted by atomic mass is 10.1. The summed E-state index contributed by atoms with van der Waals surface area (Å²) in [6.45, 7) is 0.598. The largest absolute Gasteiger partial charge is 0.456 e. The Labute approximate surface area is 122 Å². The highest BCUT2D eigenvalue weighted by atomic mass is 35.5. The first-order chi connectivity index (χ1) is 9.60.